The first kappa shape index (κ1) is 21.6. The summed E-state index contributed by atoms with van der Waals surface area (Å²) in [4.78, 5) is 23.9. The smallest absolute Gasteiger partial charge is 0.223 e. The van der Waals surface area contributed by atoms with Crippen molar-refractivity contribution in [2.75, 3.05) is 32.2 Å². The molecule has 1 amide bonds. The Bertz CT molecular complexity index is 1080. The van der Waals surface area contributed by atoms with E-state index in [-0.39, 0.29) is 11.8 Å². The van der Waals surface area contributed by atoms with Crippen molar-refractivity contribution in [1.82, 2.24) is 20.4 Å². The maximum Gasteiger partial charge on any atom is 0.223 e. The molecule has 32 heavy (non-hydrogen) atoms. The highest BCUT2D eigenvalue weighted by molar-refractivity contribution is 5.79. The molecule has 1 aromatic carbocycles. The Hall–Kier alpha value is -3.62. The van der Waals surface area contributed by atoms with Crippen molar-refractivity contribution in [2.45, 2.75) is 26.3 Å². The fourth-order valence-electron chi connectivity index (χ4n) is 4.01. The van der Waals surface area contributed by atoms with Gasteiger partial charge in [0.2, 0.25) is 17.6 Å². The largest absolute Gasteiger partial charge is 0.493 e. The monoisotopic (exact) mass is 437 g/mol. The van der Waals surface area contributed by atoms with Gasteiger partial charge in [-0.05, 0) is 31.0 Å². The number of piperidine rings is 1. The van der Waals surface area contributed by atoms with E-state index in [1.807, 2.05) is 30.3 Å². The van der Waals surface area contributed by atoms with E-state index >= 15 is 0 Å². The number of benzene rings is 1. The van der Waals surface area contributed by atoms with Crippen LogP contribution in [0.5, 0.6) is 11.5 Å². The highest BCUT2D eigenvalue weighted by Crippen LogP contribution is 2.32. The molecule has 9 heteroatoms. The lowest BCUT2D eigenvalue weighted by Crippen LogP contribution is -2.40. The summed E-state index contributed by atoms with van der Waals surface area (Å²) in [6.07, 6.45) is 3.23. The first-order chi connectivity index (χ1) is 15.6. The van der Waals surface area contributed by atoms with Crippen LogP contribution in [0, 0.1) is 12.8 Å². The second-order valence-electron chi connectivity index (χ2n) is 7.64. The highest BCUT2D eigenvalue weighted by atomic mass is 16.5. The molecule has 0 bridgehead atoms. The van der Waals surface area contributed by atoms with Crippen LogP contribution < -0.4 is 19.7 Å². The van der Waals surface area contributed by atoms with E-state index in [0.29, 0.717) is 29.8 Å². The lowest BCUT2D eigenvalue weighted by molar-refractivity contribution is -0.125. The van der Waals surface area contributed by atoms with Gasteiger partial charge in [-0.25, -0.2) is 4.98 Å². The molecule has 2 aromatic heterocycles. The number of amides is 1. The molecule has 3 heterocycles. The third-order valence-corrected chi connectivity index (χ3v) is 5.66. The van der Waals surface area contributed by atoms with Gasteiger partial charge in [-0.1, -0.05) is 17.3 Å². The summed E-state index contributed by atoms with van der Waals surface area (Å²) in [5, 5.41) is 7.08. The molecule has 1 N–H and O–H groups in total. The Morgan fingerprint density at radius 3 is 2.69 bits per heavy atom. The van der Waals surface area contributed by atoms with Gasteiger partial charge in [0.15, 0.2) is 11.5 Å². The highest BCUT2D eigenvalue weighted by Gasteiger charge is 2.27. The number of hydrogen-bond acceptors (Lipinski definition) is 8. The van der Waals surface area contributed by atoms with Gasteiger partial charge in [0.25, 0.3) is 0 Å². The zero-order chi connectivity index (χ0) is 22.5. The molecule has 0 unspecified atom stereocenters. The van der Waals surface area contributed by atoms with Crippen molar-refractivity contribution in [1.29, 1.82) is 0 Å². The second-order valence-corrected chi connectivity index (χ2v) is 7.64. The van der Waals surface area contributed by atoms with Gasteiger partial charge >= 0.3 is 0 Å². The Balaban J connectivity index is 1.37. The fourth-order valence-corrected chi connectivity index (χ4v) is 4.01. The number of methoxy groups -OCH3 is 2. The van der Waals surface area contributed by atoms with Crippen molar-refractivity contribution < 1.29 is 18.8 Å². The van der Waals surface area contributed by atoms with E-state index in [0.717, 1.165) is 42.9 Å². The van der Waals surface area contributed by atoms with E-state index in [4.69, 9.17) is 14.0 Å². The molecule has 3 aromatic rings. The minimum Gasteiger partial charge on any atom is -0.493 e. The molecule has 168 valence electrons. The average molecular weight is 438 g/mol. The Morgan fingerprint density at radius 2 is 2.00 bits per heavy atom. The van der Waals surface area contributed by atoms with Crippen molar-refractivity contribution in [2.24, 2.45) is 5.92 Å². The van der Waals surface area contributed by atoms with Crippen molar-refractivity contribution >= 4 is 11.7 Å². The Morgan fingerprint density at radius 1 is 1.19 bits per heavy atom. The maximum absolute atomic E-state index is 12.8. The molecule has 1 saturated heterocycles. The van der Waals surface area contributed by atoms with Crippen LogP contribution in [0.1, 0.15) is 24.3 Å². The van der Waals surface area contributed by atoms with E-state index < -0.39 is 0 Å². The summed E-state index contributed by atoms with van der Waals surface area (Å²) >= 11 is 0. The van der Waals surface area contributed by atoms with Gasteiger partial charge in [-0.2, -0.15) is 4.98 Å². The first-order valence-electron chi connectivity index (χ1n) is 10.6. The molecule has 1 fully saturated rings. The van der Waals surface area contributed by atoms with Crippen LogP contribution in [-0.4, -0.2) is 48.3 Å². The molecular weight excluding hydrogens is 410 g/mol. The molecule has 9 nitrogen and oxygen atoms in total. The molecule has 0 radical (unpaired) electrons. The number of pyridine rings is 1. The quantitative estimate of drug-likeness (QED) is 0.602. The van der Waals surface area contributed by atoms with Crippen molar-refractivity contribution in [3.05, 3.63) is 48.0 Å². The molecule has 0 atom stereocenters. The average Bonchev–Trinajstić information content (AvgIpc) is 3.28. The lowest BCUT2D eigenvalue weighted by Gasteiger charge is -2.33. The number of ether oxygens (including phenoxy) is 2. The minimum absolute atomic E-state index is 0.0459. The van der Waals surface area contributed by atoms with Crippen LogP contribution in [0.4, 0.5) is 5.82 Å². The molecule has 4 rings (SSSR count). The third-order valence-electron chi connectivity index (χ3n) is 5.66. The summed E-state index contributed by atoms with van der Waals surface area (Å²) in [6, 6.07) is 9.44. The Labute approximate surface area is 186 Å². The van der Waals surface area contributed by atoms with E-state index in [9.17, 15) is 4.79 Å². The number of hydrogen-bond donors (Lipinski definition) is 1. The van der Waals surface area contributed by atoms with Crippen LogP contribution >= 0.6 is 0 Å². The summed E-state index contributed by atoms with van der Waals surface area (Å²) in [5.74, 6) is 3.14. The number of nitrogens with one attached hydrogen (secondary N) is 1. The third kappa shape index (κ3) is 4.51. The zero-order valence-electron chi connectivity index (χ0n) is 18.5. The molecule has 1 aliphatic rings. The van der Waals surface area contributed by atoms with Crippen molar-refractivity contribution in [3.63, 3.8) is 0 Å². The summed E-state index contributed by atoms with van der Waals surface area (Å²) in [6.45, 7) is 3.60. The van der Waals surface area contributed by atoms with Crippen LogP contribution in [0.25, 0.3) is 11.4 Å². The molecular formula is C23H27N5O4. The number of aromatic nitrogens is 3. The SMILES string of the molecule is COc1cccc(CNC(=O)C2CCN(c3ncccc3-c3noc(C)n3)CC2)c1OC. The topological polar surface area (TPSA) is 103 Å². The van der Waals surface area contributed by atoms with Crippen LogP contribution in [0.15, 0.2) is 41.1 Å². The van der Waals surface area contributed by atoms with Gasteiger partial charge in [-0.15, -0.1) is 0 Å². The van der Waals surface area contributed by atoms with Gasteiger partial charge in [0.1, 0.15) is 5.82 Å². The van der Waals surface area contributed by atoms with E-state index in [1.165, 1.54) is 0 Å². The van der Waals surface area contributed by atoms with Gasteiger partial charge in [0, 0.05) is 44.2 Å². The summed E-state index contributed by atoms with van der Waals surface area (Å²) in [5.41, 5.74) is 1.71. The van der Waals surface area contributed by atoms with Crippen LogP contribution in [0.3, 0.4) is 0 Å². The predicted molar refractivity (Wildman–Crippen MR) is 119 cm³/mol. The molecule has 0 aliphatic carbocycles. The maximum atomic E-state index is 12.8. The molecule has 1 aliphatic heterocycles. The number of aryl methyl sites for hydroxylation is 1. The van der Waals surface area contributed by atoms with Gasteiger partial charge < -0.3 is 24.2 Å². The number of anilines is 1. The van der Waals surface area contributed by atoms with Crippen LogP contribution in [0.2, 0.25) is 0 Å². The van der Waals surface area contributed by atoms with E-state index in [2.05, 4.69) is 25.3 Å². The molecule has 0 saturated carbocycles. The van der Waals surface area contributed by atoms with Crippen molar-refractivity contribution in [3.8, 4) is 22.9 Å². The normalized spacial score (nSPS) is 14.3. The minimum atomic E-state index is -0.0533. The first-order valence-corrected chi connectivity index (χ1v) is 10.6. The standard InChI is InChI=1S/C23H27N5O4/c1-15-26-21(27-32-15)18-7-5-11-24-22(18)28-12-9-16(10-13-28)23(29)25-14-17-6-4-8-19(30-2)20(17)31-3/h4-8,11,16H,9-10,12-14H2,1-3H3,(H,25,29). The van der Waals surface area contributed by atoms with E-state index in [1.54, 1.807) is 27.3 Å². The number of nitrogens with zero attached hydrogens (tertiary/aromatic N) is 4. The van der Waals surface area contributed by atoms with Crippen LogP contribution in [-0.2, 0) is 11.3 Å². The number of para-hydroxylation sites is 1. The fraction of sp³-hybridized carbons (Fsp3) is 0.391. The molecule has 0 spiro atoms. The predicted octanol–water partition coefficient (Wildman–Crippen LogP) is 2.99. The number of carbonyl (C=O) groups is 1. The zero-order valence-corrected chi connectivity index (χ0v) is 18.5. The van der Waals surface area contributed by atoms with Gasteiger partial charge in [-0.3, -0.25) is 4.79 Å². The lowest BCUT2D eigenvalue weighted by atomic mass is 9.95. The summed E-state index contributed by atoms with van der Waals surface area (Å²) in [7, 11) is 3.20. The number of rotatable bonds is 7. The second kappa shape index (κ2) is 9.67. The Kier molecular flexibility index (Phi) is 6.53. The number of carbonyl (C=O) groups excluding carboxylic acids is 1. The summed E-state index contributed by atoms with van der Waals surface area (Å²) < 4.78 is 15.9. The van der Waals surface area contributed by atoms with Gasteiger partial charge in [0.05, 0.1) is 19.8 Å².